The Kier molecular flexibility index (Phi) is 3.97. The number of hydrogen-bond donors (Lipinski definition) is 0. The van der Waals surface area contributed by atoms with Gasteiger partial charge in [-0.25, -0.2) is 0 Å². The zero-order valence-corrected chi connectivity index (χ0v) is 9.74. The van der Waals surface area contributed by atoms with E-state index >= 15 is 0 Å². The van der Waals surface area contributed by atoms with Crippen LogP contribution >= 0.6 is 23.2 Å². The third-order valence-electron chi connectivity index (χ3n) is 2.11. The Balaban J connectivity index is 2.91. The van der Waals surface area contributed by atoms with Crippen molar-refractivity contribution in [3.05, 3.63) is 33.3 Å². The Morgan fingerprint density at radius 3 is 2.50 bits per heavy atom. The van der Waals surface area contributed by atoms with Gasteiger partial charge in [0.15, 0.2) is 0 Å². The molecule has 0 amide bonds. The number of rotatable bonds is 3. The van der Waals surface area contributed by atoms with Crippen LogP contribution in [0.5, 0.6) is 0 Å². The van der Waals surface area contributed by atoms with Gasteiger partial charge in [0, 0.05) is 16.5 Å². The van der Waals surface area contributed by atoms with Gasteiger partial charge in [0.1, 0.15) is 5.78 Å². The second-order valence-corrected chi connectivity index (χ2v) is 4.23. The van der Waals surface area contributed by atoms with Crippen molar-refractivity contribution in [2.45, 2.75) is 26.7 Å². The lowest BCUT2D eigenvalue weighted by Crippen LogP contribution is -1.97. The van der Waals surface area contributed by atoms with Crippen molar-refractivity contribution in [3.63, 3.8) is 0 Å². The molecule has 0 bridgehead atoms. The zero-order chi connectivity index (χ0) is 10.7. The first-order valence-corrected chi connectivity index (χ1v) is 5.20. The van der Waals surface area contributed by atoms with Crippen molar-refractivity contribution in [1.29, 1.82) is 0 Å². The Morgan fingerprint density at radius 2 is 2.00 bits per heavy atom. The van der Waals surface area contributed by atoms with Crippen LogP contribution in [0.1, 0.15) is 24.5 Å². The summed E-state index contributed by atoms with van der Waals surface area (Å²) in [5, 5.41) is 1.29. The number of carbonyl (C=O) groups excluding carboxylic acids is 1. The fourth-order valence-corrected chi connectivity index (χ4v) is 2.04. The fraction of sp³-hybridized carbons (Fsp3) is 0.364. The summed E-state index contributed by atoms with van der Waals surface area (Å²) in [6.07, 6.45) is 1.22. The van der Waals surface area contributed by atoms with Crippen LogP contribution in [-0.2, 0) is 11.2 Å². The van der Waals surface area contributed by atoms with Crippen molar-refractivity contribution in [3.8, 4) is 0 Å². The minimum absolute atomic E-state index is 0.176. The van der Waals surface area contributed by atoms with Crippen LogP contribution in [0.25, 0.3) is 0 Å². The highest BCUT2D eigenvalue weighted by Crippen LogP contribution is 2.25. The minimum Gasteiger partial charge on any atom is -0.300 e. The molecule has 1 aromatic carbocycles. The third kappa shape index (κ3) is 3.00. The summed E-state index contributed by atoms with van der Waals surface area (Å²) in [5.74, 6) is 0.176. The molecule has 0 aliphatic rings. The van der Waals surface area contributed by atoms with Gasteiger partial charge in [-0.3, -0.25) is 0 Å². The highest BCUT2D eigenvalue weighted by Gasteiger charge is 2.06. The molecule has 0 radical (unpaired) electrons. The van der Waals surface area contributed by atoms with E-state index < -0.39 is 0 Å². The predicted octanol–water partition coefficient (Wildman–Crippen LogP) is 3.82. The summed E-state index contributed by atoms with van der Waals surface area (Å²) >= 11 is 11.9. The molecule has 0 aromatic heterocycles. The van der Waals surface area contributed by atoms with E-state index in [0.29, 0.717) is 22.9 Å². The number of carbonyl (C=O) groups is 1. The van der Waals surface area contributed by atoms with Crippen molar-refractivity contribution in [2.75, 3.05) is 0 Å². The van der Waals surface area contributed by atoms with Gasteiger partial charge in [-0.05, 0) is 43.5 Å². The van der Waals surface area contributed by atoms with Crippen molar-refractivity contribution >= 4 is 29.0 Å². The lowest BCUT2D eigenvalue weighted by Gasteiger charge is -2.07. The van der Waals surface area contributed by atoms with E-state index in [1.165, 1.54) is 0 Å². The van der Waals surface area contributed by atoms with Gasteiger partial charge in [0.2, 0.25) is 0 Å². The normalized spacial score (nSPS) is 10.3. The van der Waals surface area contributed by atoms with Crippen LogP contribution in [0.15, 0.2) is 12.1 Å². The first-order chi connectivity index (χ1) is 6.50. The van der Waals surface area contributed by atoms with Crippen molar-refractivity contribution in [2.24, 2.45) is 0 Å². The van der Waals surface area contributed by atoms with E-state index in [2.05, 4.69) is 0 Å². The molecule has 0 saturated heterocycles. The SMILES string of the molecule is CC(=O)CCc1c(C)cc(Cl)cc1Cl. The first-order valence-electron chi connectivity index (χ1n) is 4.44. The number of Topliss-reactive ketones (excluding diaryl/α,β-unsaturated/α-hetero) is 1. The second-order valence-electron chi connectivity index (χ2n) is 3.39. The van der Waals surface area contributed by atoms with Crippen LogP contribution in [0, 0.1) is 6.92 Å². The highest BCUT2D eigenvalue weighted by molar-refractivity contribution is 6.35. The van der Waals surface area contributed by atoms with E-state index in [1.54, 1.807) is 13.0 Å². The molecule has 76 valence electrons. The van der Waals surface area contributed by atoms with Gasteiger partial charge in [-0.15, -0.1) is 0 Å². The first kappa shape index (κ1) is 11.5. The minimum atomic E-state index is 0.176. The Hall–Kier alpha value is -0.530. The molecule has 0 heterocycles. The number of aryl methyl sites for hydroxylation is 1. The average molecular weight is 231 g/mol. The molecule has 0 aliphatic carbocycles. The molecule has 0 aliphatic heterocycles. The second kappa shape index (κ2) is 4.81. The van der Waals surface area contributed by atoms with Gasteiger partial charge in [-0.1, -0.05) is 23.2 Å². The van der Waals surface area contributed by atoms with Crippen molar-refractivity contribution in [1.82, 2.24) is 0 Å². The molecule has 0 saturated carbocycles. The van der Waals surface area contributed by atoms with Gasteiger partial charge >= 0.3 is 0 Å². The number of ketones is 1. The standard InChI is InChI=1S/C11H12Cl2O/c1-7-5-9(12)6-11(13)10(7)4-3-8(2)14/h5-6H,3-4H2,1-2H3. The van der Waals surface area contributed by atoms with Crippen LogP contribution in [-0.4, -0.2) is 5.78 Å². The smallest absolute Gasteiger partial charge is 0.130 e. The average Bonchev–Trinajstić information content (AvgIpc) is 2.01. The number of benzene rings is 1. The maximum atomic E-state index is 10.8. The van der Waals surface area contributed by atoms with Gasteiger partial charge in [-0.2, -0.15) is 0 Å². The summed E-state index contributed by atoms with van der Waals surface area (Å²) in [6.45, 7) is 3.53. The van der Waals surface area contributed by atoms with E-state index in [-0.39, 0.29) is 5.78 Å². The lowest BCUT2D eigenvalue weighted by molar-refractivity contribution is -0.116. The van der Waals surface area contributed by atoms with Crippen LogP contribution in [0.3, 0.4) is 0 Å². The third-order valence-corrected chi connectivity index (χ3v) is 2.67. The summed E-state index contributed by atoms with van der Waals surface area (Å²) < 4.78 is 0. The zero-order valence-electron chi connectivity index (χ0n) is 8.23. The number of halogens is 2. The quantitative estimate of drug-likeness (QED) is 0.772. The molecule has 1 nitrogen and oxygen atoms in total. The largest absolute Gasteiger partial charge is 0.300 e. The Labute approximate surface area is 94.0 Å². The molecule has 0 atom stereocenters. The van der Waals surface area contributed by atoms with Crippen LogP contribution < -0.4 is 0 Å². The summed E-state index contributed by atoms with van der Waals surface area (Å²) in [6, 6.07) is 3.58. The van der Waals surface area contributed by atoms with Gasteiger partial charge in [0.25, 0.3) is 0 Å². The molecule has 0 fully saturated rings. The van der Waals surface area contributed by atoms with E-state index in [1.807, 2.05) is 13.0 Å². The van der Waals surface area contributed by atoms with Gasteiger partial charge in [0.05, 0.1) is 0 Å². The monoisotopic (exact) mass is 230 g/mol. The number of hydrogen-bond acceptors (Lipinski definition) is 1. The Bertz CT molecular complexity index is 335. The molecular weight excluding hydrogens is 219 g/mol. The molecule has 3 heteroatoms. The van der Waals surface area contributed by atoms with E-state index in [4.69, 9.17) is 23.2 Å². The summed E-state index contributed by atoms with van der Waals surface area (Å²) in [4.78, 5) is 10.8. The molecule has 14 heavy (non-hydrogen) atoms. The molecular formula is C11H12Cl2O. The van der Waals surface area contributed by atoms with Crippen LogP contribution in [0.4, 0.5) is 0 Å². The summed E-state index contributed by atoms with van der Waals surface area (Å²) in [5.41, 5.74) is 2.06. The topological polar surface area (TPSA) is 17.1 Å². The van der Waals surface area contributed by atoms with Crippen molar-refractivity contribution < 1.29 is 4.79 Å². The molecule has 0 N–H and O–H groups in total. The predicted molar refractivity (Wildman–Crippen MR) is 60.2 cm³/mol. The Morgan fingerprint density at radius 1 is 1.36 bits per heavy atom. The fourth-order valence-electron chi connectivity index (χ4n) is 1.35. The maximum absolute atomic E-state index is 10.8. The maximum Gasteiger partial charge on any atom is 0.130 e. The highest BCUT2D eigenvalue weighted by atomic mass is 35.5. The summed E-state index contributed by atoms with van der Waals surface area (Å²) in [7, 11) is 0. The van der Waals surface area contributed by atoms with E-state index in [9.17, 15) is 4.79 Å². The lowest BCUT2D eigenvalue weighted by atomic mass is 10.0. The molecule has 1 aromatic rings. The molecule has 0 unspecified atom stereocenters. The molecule has 0 spiro atoms. The van der Waals surface area contributed by atoms with Crippen LogP contribution in [0.2, 0.25) is 10.0 Å². The van der Waals surface area contributed by atoms with E-state index in [0.717, 1.165) is 11.1 Å². The van der Waals surface area contributed by atoms with Gasteiger partial charge < -0.3 is 4.79 Å². The molecule has 1 rings (SSSR count).